The van der Waals surface area contributed by atoms with E-state index in [2.05, 4.69) is 34.8 Å². The first-order valence-electron chi connectivity index (χ1n) is 10.2. The lowest BCUT2D eigenvalue weighted by Crippen LogP contribution is -2.40. The summed E-state index contributed by atoms with van der Waals surface area (Å²) in [5.41, 5.74) is 1.71. The van der Waals surface area contributed by atoms with Gasteiger partial charge >= 0.3 is 6.03 Å². The van der Waals surface area contributed by atoms with Gasteiger partial charge in [-0.2, -0.15) is 0 Å². The number of rotatable bonds is 5. The lowest BCUT2D eigenvalue weighted by atomic mass is 9.96. The average Bonchev–Trinajstić information content (AvgIpc) is 3.40. The third-order valence-corrected chi connectivity index (χ3v) is 5.67. The number of anilines is 1. The number of hydrogen-bond donors (Lipinski definition) is 2. The summed E-state index contributed by atoms with van der Waals surface area (Å²) in [6.07, 6.45) is 1.06. The van der Waals surface area contributed by atoms with Crippen molar-refractivity contribution in [2.24, 2.45) is 5.16 Å². The fourth-order valence-corrected chi connectivity index (χ4v) is 3.85. The van der Waals surface area contributed by atoms with Gasteiger partial charge in [-0.15, -0.1) is 0 Å². The van der Waals surface area contributed by atoms with E-state index in [1.165, 1.54) is 5.56 Å². The van der Waals surface area contributed by atoms with E-state index >= 15 is 0 Å². The molecule has 156 valence electrons. The normalized spacial score (nSPS) is 21.1. The Balaban J connectivity index is 1.27. The van der Waals surface area contributed by atoms with Crippen molar-refractivity contribution in [3.05, 3.63) is 66.2 Å². The van der Waals surface area contributed by atoms with Gasteiger partial charge in [-0.3, -0.25) is 4.79 Å². The molecule has 2 atom stereocenters. The quantitative estimate of drug-likeness (QED) is 0.799. The zero-order chi connectivity index (χ0) is 21.0. The number of carbonyl (C=O) groups excluding carboxylic acids is 2. The summed E-state index contributed by atoms with van der Waals surface area (Å²) in [5.74, 6) is -0.00229. The molecule has 2 aliphatic rings. The maximum atomic E-state index is 12.6. The summed E-state index contributed by atoms with van der Waals surface area (Å²) >= 11 is 0. The Morgan fingerprint density at radius 1 is 1.13 bits per heavy atom. The van der Waals surface area contributed by atoms with Crippen molar-refractivity contribution < 1.29 is 14.4 Å². The van der Waals surface area contributed by atoms with Crippen molar-refractivity contribution in [1.82, 2.24) is 10.2 Å². The van der Waals surface area contributed by atoms with Crippen LogP contribution in [0, 0.1) is 0 Å². The summed E-state index contributed by atoms with van der Waals surface area (Å²) in [6, 6.07) is 19.2. The number of urea groups is 1. The molecular weight excluding hydrogens is 380 g/mol. The summed E-state index contributed by atoms with van der Waals surface area (Å²) < 4.78 is 0. The molecule has 2 N–H and O–H groups in total. The van der Waals surface area contributed by atoms with Crippen LogP contribution in [0.5, 0.6) is 0 Å². The highest BCUT2D eigenvalue weighted by atomic mass is 16.7. The fraction of sp³-hybridized carbons (Fsp3) is 0.348. The number of likely N-dealkylation sites (tertiary alicyclic amines) is 1. The number of benzene rings is 2. The molecule has 30 heavy (non-hydrogen) atoms. The minimum absolute atomic E-state index is 0.170. The van der Waals surface area contributed by atoms with E-state index in [4.69, 9.17) is 4.84 Å². The maximum absolute atomic E-state index is 12.6. The van der Waals surface area contributed by atoms with Crippen LogP contribution in [0.2, 0.25) is 0 Å². The maximum Gasteiger partial charge on any atom is 0.321 e. The van der Waals surface area contributed by atoms with Gasteiger partial charge in [-0.05, 0) is 23.6 Å². The summed E-state index contributed by atoms with van der Waals surface area (Å²) in [5, 5.41) is 9.89. The van der Waals surface area contributed by atoms with Crippen molar-refractivity contribution in [3.63, 3.8) is 0 Å². The smallest absolute Gasteiger partial charge is 0.321 e. The molecule has 0 aromatic heterocycles. The molecule has 4 rings (SSSR count). The molecule has 7 heteroatoms. The van der Waals surface area contributed by atoms with Gasteiger partial charge in [-0.1, -0.05) is 60.6 Å². The van der Waals surface area contributed by atoms with E-state index in [-0.39, 0.29) is 17.9 Å². The van der Waals surface area contributed by atoms with Crippen LogP contribution in [0.4, 0.5) is 10.5 Å². The SMILES string of the molecule is C[C@H](CNC(=O)C1=NO[C@]2(CCN(C(=O)Nc3ccccc3)C2)C1)c1ccccc1. The van der Waals surface area contributed by atoms with E-state index in [1.807, 2.05) is 48.5 Å². The number of hydrogen-bond acceptors (Lipinski definition) is 4. The number of carbonyl (C=O) groups is 2. The van der Waals surface area contributed by atoms with E-state index in [0.717, 1.165) is 5.69 Å². The molecule has 0 aliphatic carbocycles. The molecule has 1 spiro atoms. The molecule has 0 bridgehead atoms. The molecule has 2 aromatic rings. The Morgan fingerprint density at radius 3 is 2.57 bits per heavy atom. The van der Waals surface area contributed by atoms with Gasteiger partial charge in [0.1, 0.15) is 5.71 Å². The number of para-hydroxylation sites is 1. The topological polar surface area (TPSA) is 83.0 Å². The number of oxime groups is 1. The van der Waals surface area contributed by atoms with Crippen LogP contribution < -0.4 is 10.6 Å². The minimum Gasteiger partial charge on any atom is -0.386 e. The van der Waals surface area contributed by atoms with Crippen molar-refractivity contribution in [1.29, 1.82) is 0 Å². The Morgan fingerprint density at radius 2 is 1.83 bits per heavy atom. The first-order valence-corrected chi connectivity index (χ1v) is 10.2. The van der Waals surface area contributed by atoms with Crippen LogP contribution in [0.15, 0.2) is 65.8 Å². The van der Waals surface area contributed by atoms with E-state index < -0.39 is 5.60 Å². The van der Waals surface area contributed by atoms with Crippen LogP contribution in [0.3, 0.4) is 0 Å². The molecule has 0 unspecified atom stereocenters. The number of nitrogens with one attached hydrogen (secondary N) is 2. The van der Waals surface area contributed by atoms with Crippen molar-refractivity contribution >= 4 is 23.3 Å². The molecule has 7 nitrogen and oxygen atoms in total. The molecule has 0 radical (unpaired) electrons. The standard InChI is InChI=1S/C23H26N4O3/c1-17(18-8-4-2-5-9-18)15-24-21(28)20-14-23(30-26-20)12-13-27(16-23)22(29)25-19-10-6-3-7-11-19/h2-11,17H,12-16H2,1H3,(H,24,28)(H,25,29)/t17-,23-/m1/s1. The second-order valence-corrected chi connectivity index (χ2v) is 7.98. The van der Waals surface area contributed by atoms with Gasteiger partial charge < -0.3 is 20.4 Å². The van der Waals surface area contributed by atoms with Crippen LogP contribution >= 0.6 is 0 Å². The lowest BCUT2D eigenvalue weighted by molar-refractivity contribution is -0.115. The largest absolute Gasteiger partial charge is 0.386 e. The monoisotopic (exact) mass is 406 g/mol. The Hall–Kier alpha value is -3.35. The summed E-state index contributed by atoms with van der Waals surface area (Å²) in [7, 11) is 0. The van der Waals surface area contributed by atoms with Crippen molar-refractivity contribution in [2.75, 3.05) is 25.0 Å². The van der Waals surface area contributed by atoms with Gasteiger partial charge in [-0.25, -0.2) is 4.79 Å². The zero-order valence-corrected chi connectivity index (χ0v) is 17.0. The van der Waals surface area contributed by atoms with Gasteiger partial charge in [0.25, 0.3) is 5.91 Å². The number of amides is 3. The third-order valence-electron chi connectivity index (χ3n) is 5.67. The van der Waals surface area contributed by atoms with Crippen LogP contribution in [0.25, 0.3) is 0 Å². The fourth-order valence-electron chi connectivity index (χ4n) is 3.85. The Kier molecular flexibility index (Phi) is 5.70. The predicted octanol–water partition coefficient (Wildman–Crippen LogP) is 3.36. The third kappa shape index (κ3) is 4.45. The predicted molar refractivity (Wildman–Crippen MR) is 115 cm³/mol. The van der Waals surface area contributed by atoms with E-state index in [0.29, 0.717) is 38.2 Å². The molecule has 0 saturated carbocycles. The van der Waals surface area contributed by atoms with Crippen molar-refractivity contribution in [3.8, 4) is 0 Å². The van der Waals surface area contributed by atoms with Gasteiger partial charge in [0.15, 0.2) is 5.60 Å². The molecule has 2 aromatic carbocycles. The second-order valence-electron chi connectivity index (χ2n) is 7.98. The first kappa shape index (κ1) is 19.9. The lowest BCUT2D eigenvalue weighted by Gasteiger charge is -2.22. The van der Waals surface area contributed by atoms with E-state index in [9.17, 15) is 9.59 Å². The Bertz CT molecular complexity index is 932. The molecule has 2 aliphatic heterocycles. The Labute approximate surface area is 176 Å². The second kappa shape index (κ2) is 8.57. The van der Waals surface area contributed by atoms with Gasteiger partial charge in [0.2, 0.25) is 0 Å². The highest BCUT2D eigenvalue weighted by molar-refractivity contribution is 6.39. The molecule has 1 saturated heterocycles. The summed E-state index contributed by atoms with van der Waals surface area (Å²) in [6.45, 7) is 3.57. The van der Waals surface area contributed by atoms with Gasteiger partial charge in [0, 0.05) is 31.6 Å². The molecule has 3 amide bonds. The molecule has 1 fully saturated rings. The first-order chi connectivity index (χ1) is 14.5. The summed E-state index contributed by atoms with van der Waals surface area (Å²) in [4.78, 5) is 32.5. The zero-order valence-electron chi connectivity index (χ0n) is 17.0. The average molecular weight is 406 g/mol. The molecule has 2 heterocycles. The highest BCUT2D eigenvalue weighted by Crippen LogP contribution is 2.34. The molecular formula is C23H26N4O3. The van der Waals surface area contributed by atoms with Crippen molar-refractivity contribution in [2.45, 2.75) is 31.3 Å². The van der Waals surface area contributed by atoms with Crippen LogP contribution in [-0.4, -0.2) is 47.8 Å². The number of nitrogens with zero attached hydrogens (tertiary/aromatic N) is 2. The highest BCUT2D eigenvalue weighted by Gasteiger charge is 2.48. The van der Waals surface area contributed by atoms with Gasteiger partial charge in [0.05, 0.1) is 6.54 Å². The van der Waals surface area contributed by atoms with Crippen LogP contribution in [0.1, 0.15) is 31.2 Å². The van der Waals surface area contributed by atoms with Crippen LogP contribution in [-0.2, 0) is 9.63 Å². The minimum atomic E-state index is -0.605. The van der Waals surface area contributed by atoms with E-state index in [1.54, 1.807) is 4.90 Å².